The first kappa shape index (κ1) is 43.1. The highest BCUT2D eigenvalue weighted by Gasteiger charge is 2.71. The molecular formula is C42H64O15. The molecule has 2 saturated heterocycles. The van der Waals surface area contributed by atoms with Crippen molar-refractivity contribution < 1.29 is 74.2 Å². The van der Waals surface area contributed by atoms with E-state index in [1.54, 1.807) is 0 Å². The van der Waals surface area contributed by atoms with E-state index < -0.39 is 102 Å². The first-order chi connectivity index (χ1) is 26.4. The molecule has 0 aromatic carbocycles. The number of carbonyl (C=O) groups excluding carboxylic acids is 1. The lowest BCUT2D eigenvalue weighted by Gasteiger charge is -2.70. The van der Waals surface area contributed by atoms with Gasteiger partial charge in [-0.25, -0.2) is 4.79 Å². The van der Waals surface area contributed by atoms with E-state index in [1.807, 2.05) is 13.0 Å². The van der Waals surface area contributed by atoms with Crippen molar-refractivity contribution in [2.24, 2.45) is 50.2 Å². The van der Waals surface area contributed by atoms with Crippen molar-refractivity contribution >= 4 is 17.7 Å². The predicted octanol–water partition coefficient (Wildman–Crippen LogP) is 2.15. The van der Waals surface area contributed by atoms with Crippen LogP contribution in [0.25, 0.3) is 0 Å². The van der Waals surface area contributed by atoms with Gasteiger partial charge in [-0.2, -0.15) is 0 Å². The highest BCUT2D eigenvalue weighted by Crippen LogP contribution is 2.75. The molecule has 57 heavy (non-hydrogen) atoms. The summed E-state index contributed by atoms with van der Waals surface area (Å²) in [6.45, 7) is 14.4. The Morgan fingerprint density at radius 3 is 2.07 bits per heavy atom. The third-order valence-corrected chi connectivity index (χ3v) is 17.3. The quantitative estimate of drug-likeness (QED) is 0.172. The van der Waals surface area contributed by atoms with Crippen LogP contribution in [0, 0.1) is 50.2 Å². The first-order valence-electron chi connectivity index (χ1n) is 20.8. The van der Waals surface area contributed by atoms with E-state index in [9.17, 15) is 55.2 Å². The van der Waals surface area contributed by atoms with Crippen LogP contribution in [0.5, 0.6) is 0 Å². The number of ether oxygens (including phenoxy) is 4. The summed E-state index contributed by atoms with van der Waals surface area (Å²) >= 11 is 0. The lowest BCUT2D eigenvalue weighted by Crippen LogP contribution is -2.68. The fourth-order valence-electron chi connectivity index (χ4n) is 13.4. The first-order valence-corrected chi connectivity index (χ1v) is 20.8. The molecule has 0 spiro atoms. The van der Waals surface area contributed by atoms with Gasteiger partial charge < -0.3 is 59.8 Å². The fraction of sp³-hybridized carbons (Fsp3) is 0.881. The minimum absolute atomic E-state index is 0.00433. The Bertz CT molecular complexity index is 1650. The van der Waals surface area contributed by atoms with Crippen LogP contribution in [0.3, 0.4) is 0 Å². The minimum Gasteiger partial charge on any atom is -0.481 e. The molecule has 6 fully saturated rings. The molecule has 0 amide bonds. The maximum absolute atomic E-state index is 14.8. The van der Waals surface area contributed by atoms with Crippen molar-refractivity contribution in [1.29, 1.82) is 0 Å². The van der Waals surface area contributed by atoms with Gasteiger partial charge in [0.25, 0.3) is 0 Å². The van der Waals surface area contributed by atoms with Crippen molar-refractivity contribution in [3.05, 3.63) is 11.6 Å². The Kier molecular flexibility index (Phi) is 10.8. The molecule has 2 aliphatic heterocycles. The average Bonchev–Trinajstić information content (AvgIpc) is 3.13. The number of fused-ring (bicyclic) bond motifs is 7. The van der Waals surface area contributed by atoms with Crippen LogP contribution in [0.2, 0.25) is 0 Å². The summed E-state index contributed by atoms with van der Waals surface area (Å²) in [7, 11) is 0. The second-order valence-electron chi connectivity index (χ2n) is 20.6. The summed E-state index contributed by atoms with van der Waals surface area (Å²) in [5, 5.41) is 83.3. The molecule has 322 valence electrons. The Balaban J connectivity index is 1.16. The van der Waals surface area contributed by atoms with Gasteiger partial charge in [0.1, 0.15) is 42.7 Å². The Morgan fingerprint density at radius 1 is 0.772 bits per heavy atom. The smallest absolute Gasteiger partial charge is 0.335 e. The molecule has 15 heteroatoms. The van der Waals surface area contributed by atoms with Crippen molar-refractivity contribution in [1.82, 2.24) is 0 Å². The van der Waals surface area contributed by atoms with E-state index in [0.717, 1.165) is 37.7 Å². The molecule has 0 radical (unpaired) electrons. The van der Waals surface area contributed by atoms with Gasteiger partial charge in [0.05, 0.1) is 18.1 Å². The number of allylic oxidation sites excluding steroid dienone is 2. The molecule has 19 atom stereocenters. The zero-order valence-electron chi connectivity index (χ0n) is 34.2. The molecular weight excluding hydrogens is 744 g/mol. The molecule has 5 aliphatic carbocycles. The van der Waals surface area contributed by atoms with Crippen molar-refractivity contribution in [2.45, 2.75) is 174 Å². The number of carbonyl (C=O) groups is 3. The Labute approximate surface area is 333 Å². The maximum Gasteiger partial charge on any atom is 0.335 e. The highest BCUT2D eigenvalue weighted by molar-refractivity contribution is 5.95. The monoisotopic (exact) mass is 808 g/mol. The molecule has 0 aromatic rings. The van der Waals surface area contributed by atoms with Crippen molar-refractivity contribution in [3.63, 3.8) is 0 Å². The number of rotatable bonds is 7. The zero-order valence-corrected chi connectivity index (χ0v) is 34.2. The molecule has 7 aliphatic rings. The lowest BCUT2D eigenvalue weighted by molar-refractivity contribution is -0.375. The molecule has 4 saturated carbocycles. The third kappa shape index (κ3) is 6.31. The van der Waals surface area contributed by atoms with E-state index >= 15 is 0 Å². The number of hydrogen-bond acceptors (Lipinski definition) is 13. The van der Waals surface area contributed by atoms with Crippen LogP contribution in [0.15, 0.2) is 11.6 Å². The summed E-state index contributed by atoms with van der Waals surface area (Å²) in [6, 6.07) is 0. The summed E-state index contributed by atoms with van der Waals surface area (Å²) in [4.78, 5) is 39.1. The van der Waals surface area contributed by atoms with Gasteiger partial charge in [-0.3, -0.25) is 9.59 Å². The minimum atomic E-state index is -1.98. The van der Waals surface area contributed by atoms with Crippen LogP contribution in [-0.4, -0.2) is 133 Å². The summed E-state index contributed by atoms with van der Waals surface area (Å²) in [6.07, 6.45) is -9.70. The molecule has 0 unspecified atom stereocenters. The summed E-state index contributed by atoms with van der Waals surface area (Å²) < 4.78 is 23.8. The largest absolute Gasteiger partial charge is 0.481 e. The maximum atomic E-state index is 14.8. The third-order valence-electron chi connectivity index (χ3n) is 17.3. The second kappa shape index (κ2) is 14.3. The van der Waals surface area contributed by atoms with Crippen LogP contribution >= 0.6 is 0 Å². The van der Waals surface area contributed by atoms with E-state index in [2.05, 4.69) is 41.5 Å². The Morgan fingerprint density at radius 2 is 1.44 bits per heavy atom. The molecule has 8 N–H and O–H groups in total. The average molecular weight is 809 g/mol. The van der Waals surface area contributed by atoms with Gasteiger partial charge in [0.15, 0.2) is 24.5 Å². The summed E-state index contributed by atoms with van der Waals surface area (Å²) in [5.41, 5.74) is -1.51. The molecule has 7 rings (SSSR count). The predicted molar refractivity (Wildman–Crippen MR) is 199 cm³/mol. The number of carboxylic acid groups (broad SMARTS) is 2. The highest BCUT2D eigenvalue weighted by atomic mass is 16.8. The fourth-order valence-corrected chi connectivity index (χ4v) is 13.4. The second-order valence-corrected chi connectivity index (χ2v) is 20.6. The van der Waals surface area contributed by atoms with E-state index in [4.69, 9.17) is 18.9 Å². The van der Waals surface area contributed by atoms with E-state index in [-0.39, 0.29) is 39.8 Å². The van der Waals surface area contributed by atoms with Gasteiger partial charge in [0, 0.05) is 5.92 Å². The number of carboxylic acids is 2. The number of aliphatic hydroxyl groups is 6. The van der Waals surface area contributed by atoms with Gasteiger partial charge in [-0.15, -0.1) is 0 Å². The lowest BCUT2D eigenvalue weighted by atomic mass is 9.33. The van der Waals surface area contributed by atoms with E-state index in [1.165, 1.54) is 0 Å². The number of aliphatic carboxylic acids is 2. The normalized spacial score (nSPS) is 53.4. The standard InChI is InChI=1S/C42H64O15/c1-37(2)23-8-11-42(7)32(21(44)16-19-20-17-39(4,36(52)53)13-12-38(20,3)14-15-41(19,42)6)40(23,5)10-9-24(37)55-35-31(27(47)25(45)22(18-43)54-35)57-34-29(49)26(46)28(48)30(56-34)33(50)51/h16,20,22-32,34-35,43,45-49H,8-15,17-18H2,1-7H3,(H,50,51)(H,52,53)/t20-,22+,23-,24-,25+,26-,27-,28+,29+,30-,31+,32+,34-,35-,38+,39-,40-,41+,42+/m0/s1. The molecule has 2 heterocycles. The van der Waals surface area contributed by atoms with Crippen molar-refractivity contribution in [3.8, 4) is 0 Å². The van der Waals surface area contributed by atoms with Gasteiger partial charge in [0.2, 0.25) is 0 Å². The van der Waals surface area contributed by atoms with E-state index in [0.29, 0.717) is 25.7 Å². The van der Waals surface area contributed by atoms with Crippen LogP contribution in [0.1, 0.15) is 106 Å². The topological polar surface area (TPSA) is 250 Å². The number of hydrogen-bond donors (Lipinski definition) is 8. The SMILES string of the molecule is CC1(C)[C@@H](O[C@@H]2O[C@H](CO)[C@@H](O)[C@H](O)[C@H]2O[C@@H]2O[C@H](C(=O)O)[C@H](O)[C@H](O)[C@H]2O)CC[C@]2(C)[C@H]3C(=O)C=C4[C@@H]5C[C@@](C)(C(=O)O)CC[C@]5(C)CC[C@@]4(C)[C@]3(C)CC[C@@H]12. The molecule has 0 bridgehead atoms. The van der Waals surface area contributed by atoms with Gasteiger partial charge in [-0.1, -0.05) is 47.1 Å². The molecule has 15 nitrogen and oxygen atoms in total. The Hall–Kier alpha value is -2.05. The van der Waals surface area contributed by atoms with Crippen molar-refractivity contribution in [2.75, 3.05) is 6.61 Å². The van der Waals surface area contributed by atoms with Crippen LogP contribution in [0.4, 0.5) is 0 Å². The molecule has 0 aromatic heterocycles. The number of aliphatic hydroxyl groups excluding tert-OH is 6. The van der Waals surface area contributed by atoms with Gasteiger partial charge >= 0.3 is 11.9 Å². The van der Waals surface area contributed by atoms with Crippen LogP contribution in [-0.2, 0) is 33.3 Å². The summed E-state index contributed by atoms with van der Waals surface area (Å²) in [5.74, 6) is -2.62. The van der Waals surface area contributed by atoms with Crippen LogP contribution < -0.4 is 0 Å². The number of ketones is 1. The zero-order chi connectivity index (χ0) is 42.0. The van der Waals surface area contributed by atoms with Gasteiger partial charge in [-0.05, 0) is 110 Å².